The molecule has 156 valence electrons. The van der Waals surface area contributed by atoms with E-state index in [0.717, 1.165) is 5.56 Å². The van der Waals surface area contributed by atoms with Crippen LogP contribution in [0.1, 0.15) is 15.9 Å². The highest BCUT2D eigenvalue weighted by molar-refractivity contribution is 6.33. The number of nitrogens with one attached hydrogen (secondary N) is 3. The number of para-hydroxylation sites is 1. The number of carbonyl (C=O) groups is 4. The number of carbonyl (C=O) groups excluding carboxylic acids is 3. The molecule has 0 saturated heterocycles. The Morgan fingerprint density at radius 3 is 2.57 bits per heavy atom. The van der Waals surface area contributed by atoms with Crippen LogP contribution in [0.2, 0.25) is 5.02 Å². The second-order valence-electron chi connectivity index (χ2n) is 6.59. The van der Waals surface area contributed by atoms with Crippen LogP contribution >= 0.6 is 11.6 Å². The Bertz CT molecular complexity index is 997. The topological polar surface area (TPSA) is 128 Å². The van der Waals surface area contributed by atoms with Gasteiger partial charge in [0, 0.05) is 12.2 Å². The van der Waals surface area contributed by atoms with Crippen molar-refractivity contribution in [3.05, 3.63) is 64.7 Å². The van der Waals surface area contributed by atoms with Gasteiger partial charge in [-0.1, -0.05) is 41.9 Å². The van der Waals surface area contributed by atoms with E-state index in [1.807, 2.05) is 12.1 Å². The van der Waals surface area contributed by atoms with Gasteiger partial charge in [-0.3, -0.25) is 9.59 Å². The van der Waals surface area contributed by atoms with Gasteiger partial charge >= 0.3 is 12.0 Å². The van der Waals surface area contributed by atoms with Gasteiger partial charge in [0.1, 0.15) is 12.6 Å². The summed E-state index contributed by atoms with van der Waals surface area (Å²) >= 11 is 5.95. The first-order valence-electron chi connectivity index (χ1n) is 9.04. The van der Waals surface area contributed by atoms with Gasteiger partial charge in [-0.25, -0.2) is 9.59 Å². The summed E-state index contributed by atoms with van der Waals surface area (Å²) in [6.07, 6.45) is 0. The lowest BCUT2D eigenvalue weighted by atomic mass is 10.1. The number of carboxylic acids is 1. The highest BCUT2D eigenvalue weighted by Crippen LogP contribution is 2.22. The van der Waals surface area contributed by atoms with Crippen LogP contribution in [-0.2, 0) is 16.1 Å². The summed E-state index contributed by atoms with van der Waals surface area (Å²) in [5, 5.41) is 17.0. The number of nitrogens with zero attached hydrogens (tertiary/aromatic N) is 1. The lowest BCUT2D eigenvalue weighted by Gasteiger charge is -2.29. The van der Waals surface area contributed by atoms with Gasteiger partial charge in [0.05, 0.1) is 17.1 Å². The molecule has 3 rings (SSSR count). The number of halogens is 1. The third-order valence-electron chi connectivity index (χ3n) is 4.47. The number of carboxylic acid groups (broad SMARTS) is 1. The molecule has 1 aliphatic heterocycles. The number of rotatable bonds is 7. The van der Waals surface area contributed by atoms with E-state index >= 15 is 0 Å². The van der Waals surface area contributed by atoms with Gasteiger partial charge in [0.15, 0.2) is 0 Å². The lowest BCUT2D eigenvalue weighted by Crippen LogP contribution is -2.51. The number of urea groups is 1. The number of hydrogen-bond donors (Lipinski definition) is 4. The maximum absolute atomic E-state index is 12.3. The van der Waals surface area contributed by atoms with Crippen molar-refractivity contribution >= 4 is 41.1 Å². The molecule has 4 amide bonds. The van der Waals surface area contributed by atoms with Crippen LogP contribution in [0, 0.1) is 0 Å². The fraction of sp³-hybridized carbons (Fsp3) is 0.200. The van der Waals surface area contributed by atoms with Crippen LogP contribution in [-0.4, -0.2) is 53.0 Å². The van der Waals surface area contributed by atoms with Crippen LogP contribution in [0.5, 0.6) is 0 Å². The summed E-state index contributed by atoms with van der Waals surface area (Å²) in [7, 11) is 0. The second kappa shape index (κ2) is 9.27. The Labute approximate surface area is 177 Å². The molecule has 30 heavy (non-hydrogen) atoms. The summed E-state index contributed by atoms with van der Waals surface area (Å²) in [6.45, 7) is -0.359. The van der Waals surface area contributed by atoms with Crippen molar-refractivity contribution in [1.29, 1.82) is 0 Å². The van der Waals surface area contributed by atoms with E-state index in [0.29, 0.717) is 5.69 Å². The average Bonchev–Trinajstić information content (AvgIpc) is 2.71. The first-order chi connectivity index (χ1) is 14.3. The Morgan fingerprint density at radius 1 is 1.13 bits per heavy atom. The van der Waals surface area contributed by atoms with E-state index in [-0.39, 0.29) is 30.2 Å². The van der Waals surface area contributed by atoms with Crippen molar-refractivity contribution in [2.45, 2.75) is 12.6 Å². The molecule has 0 spiro atoms. The minimum absolute atomic E-state index is 0.125. The van der Waals surface area contributed by atoms with E-state index in [4.69, 9.17) is 11.6 Å². The molecule has 1 aliphatic rings. The Balaban J connectivity index is 1.55. The number of benzene rings is 2. The molecule has 2 aromatic carbocycles. The quantitative estimate of drug-likeness (QED) is 0.531. The molecule has 0 aromatic heterocycles. The van der Waals surface area contributed by atoms with E-state index < -0.39 is 29.9 Å². The van der Waals surface area contributed by atoms with Gasteiger partial charge in [-0.05, 0) is 23.8 Å². The predicted molar refractivity (Wildman–Crippen MR) is 109 cm³/mol. The van der Waals surface area contributed by atoms with Crippen molar-refractivity contribution in [2.75, 3.05) is 18.4 Å². The number of hydrogen-bond acceptors (Lipinski definition) is 4. The Kier molecular flexibility index (Phi) is 6.53. The first kappa shape index (κ1) is 21.1. The van der Waals surface area contributed by atoms with E-state index in [2.05, 4.69) is 16.0 Å². The smallest absolute Gasteiger partial charge is 0.328 e. The molecule has 0 unspecified atom stereocenters. The molecule has 0 radical (unpaired) electrons. The number of fused-ring (bicyclic) bond motifs is 1. The molecule has 1 heterocycles. The van der Waals surface area contributed by atoms with E-state index in [1.54, 1.807) is 24.3 Å². The molecule has 10 heteroatoms. The molecule has 0 fully saturated rings. The van der Waals surface area contributed by atoms with Gasteiger partial charge in [-0.15, -0.1) is 0 Å². The predicted octanol–water partition coefficient (Wildman–Crippen LogP) is 1.69. The highest BCUT2D eigenvalue weighted by atomic mass is 35.5. The summed E-state index contributed by atoms with van der Waals surface area (Å²) < 4.78 is 0. The third kappa shape index (κ3) is 5.06. The lowest BCUT2D eigenvalue weighted by molar-refractivity contribution is -0.139. The largest absolute Gasteiger partial charge is 0.480 e. The van der Waals surface area contributed by atoms with Crippen molar-refractivity contribution in [3.63, 3.8) is 0 Å². The zero-order valence-electron chi connectivity index (χ0n) is 15.7. The Hall–Kier alpha value is -3.59. The minimum atomic E-state index is -1.37. The zero-order valence-corrected chi connectivity index (χ0v) is 16.5. The number of amides is 4. The van der Waals surface area contributed by atoms with Gasteiger partial charge in [0.25, 0.3) is 5.91 Å². The van der Waals surface area contributed by atoms with Gasteiger partial charge < -0.3 is 26.0 Å². The third-order valence-corrected chi connectivity index (χ3v) is 4.80. The molecular formula is C20H19ClN4O5. The standard InChI is InChI=1S/C20H19ClN4O5/c21-14-7-3-2-6-13(14)18(27)23-16(19(28)29)9-22-17(26)11-25-10-12-5-1-4-8-15(12)24-20(25)30/h1-8,16H,9-11H2,(H,22,26)(H,23,27)(H,24,30)(H,28,29)/t16-/m0/s1. The van der Waals surface area contributed by atoms with Crippen molar-refractivity contribution in [2.24, 2.45) is 0 Å². The van der Waals surface area contributed by atoms with Crippen LogP contribution in [0.15, 0.2) is 48.5 Å². The van der Waals surface area contributed by atoms with Crippen LogP contribution in [0.25, 0.3) is 0 Å². The van der Waals surface area contributed by atoms with Gasteiger partial charge in [-0.2, -0.15) is 0 Å². The second-order valence-corrected chi connectivity index (χ2v) is 7.00. The molecule has 0 aliphatic carbocycles. The monoisotopic (exact) mass is 430 g/mol. The minimum Gasteiger partial charge on any atom is -0.480 e. The van der Waals surface area contributed by atoms with Crippen LogP contribution in [0.4, 0.5) is 10.5 Å². The van der Waals surface area contributed by atoms with E-state index in [1.165, 1.54) is 17.0 Å². The van der Waals surface area contributed by atoms with Crippen molar-refractivity contribution in [3.8, 4) is 0 Å². The number of aliphatic carboxylic acids is 1. The van der Waals surface area contributed by atoms with Crippen LogP contribution < -0.4 is 16.0 Å². The molecule has 1 atom stereocenters. The molecule has 4 N–H and O–H groups in total. The fourth-order valence-electron chi connectivity index (χ4n) is 2.91. The maximum Gasteiger partial charge on any atom is 0.328 e. The van der Waals surface area contributed by atoms with Crippen molar-refractivity contribution in [1.82, 2.24) is 15.5 Å². The summed E-state index contributed by atoms with van der Waals surface area (Å²) in [4.78, 5) is 49.4. The first-order valence-corrected chi connectivity index (χ1v) is 9.41. The highest BCUT2D eigenvalue weighted by Gasteiger charge is 2.26. The summed E-state index contributed by atoms with van der Waals surface area (Å²) in [5.41, 5.74) is 1.67. The van der Waals surface area contributed by atoms with E-state index in [9.17, 15) is 24.3 Å². The van der Waals surface area contributed by atoms with Crippen molar-refractivity contribution < 1.29 is 24.3 Å². The maximum atomic E-state index is 12.3. The molecule has 0 saturated carbocycles. The fourth-order valence-corrected chi connectivity index (χ4v) is 3.13. The van der Waals surface area contributed by atoms with Gasteiger partial charge in [0.2, 0.25) is 5.91 Å². The Morgan fingerprint density at radius 2 is 1.83 bits per heavy atom. The molecule has 0 bridgehead atoms. The normalized spacial score (nSPS) is 13.6. The van der Waals surface area contributed by atoms with Crippen LogP contribution in [0.3, 0.4) is 0 Å². The number of anilines is 1. The average molecular weight is 431 g/mol. The molecule has 2 aromatic rings. The zero-order chi connectivity index (χ0) is 21.7. The summed E-state index contributed by atoms with van der Waals surface area (Å²) in [5.74, 6) is -2.54. The summed E-state index contributed by atoms with van der Waals surface area (Å²) in [6, 6.07) is 11.6. The molecular weight excluding hydrogens is 412 g/mol. The molecule has 9 nitrogen and oxygen atoms in total. The SMILES string of the molecule is O=C(CN1Cc2ccccc2NC1=O)NC[C@H](NC(=O)c1ccccc1Cl)C(=O)O.